The lowest BCUT2D eigenvalue weighted by Crippen LogP contribution is -2.33. The van der Waals surface area contributed by atoms with Gasteiger partial charge in [0.1, 0.15) is 4.90 Å². The zero-order valence-corrected chi connectivity index (χ0v) is 13.7. The largest absolute Gasteiger partial charge is 0.478 e. The Kier molecular flexibility index (Phi) is 4.82. The quantitative estimate of drug-likeness (QED) is 0.854. The first kappa shape index (κ1) is 16.5. The van der Waals surface area contributed by atoms with Gasteiger partial charge in [0.2, 0.25) is 10.0 Å². The number of sulfonamides is 1. The van der Waals surface area contributed by atoms with Crippen molar-refractivity contribution in [3.05, 3.63) is 27.7 Å². The highest BCUT2D eigenvalue weighted by Crippen LogP contribution is 2.34. The highest BCUT2D eigenvalue weighted by atomic mass is 35.5. The third kappa shape index (κ3) is 3.51. The van der Waals surface area contributed by atoms with Crippen LogP contribution in [-0.4, -0.2) is 36.9 Å². The highest BCUT2D eigenvalue weighted by Gasteiger charge is 2.32. The van der Waals surface area contributed by atoms with Crippen LogP contribution < -0.4 is 0 Å². The fraction of sp³-hybridized carbons (Fsp3) is 0.462. The number of nitrogens with zero attached hydrogens (tertiary/aromatic N) is 1. The third-order valence-corrected chi connectivity index (χ3v) is 6.10. The molecule has 1 aromatic carbocycles. The van der Waals surface area contributed by atoms with Gasteiger partial charge in [-0.25, -0.2) is 13.2 Å². The monoisotopic (exact) mass is 351 g/mol. The first-order valence-electron chi connectivity index (χ1n) is 6.49. The van der Waals surface area contributed by atoms with Crippen LogP contribution in [0.2, 0.25) is 10.0 Å². The van der Waals surface area contributed by atoms with E-state index in [2.05, 4.69) is 0 Å². The number of halogens is 2. The van der Waals surface area contributed by atoms with Gasteiger partial charge in [-0.3, -0.25) is 0 Å². The van der Waals surface area contributed by atoms with E-state index in [1.165, 1.54) is 4.31 Å². The summed E-state index contributed by atoms with van der Waals surface area (Å²) in [5.74, 6) is -0.914. The summed E-state index contributed by atoms with van der Waals surface area (Å²) < 4.78 is 26.6. The molecule has 0 aromatic heterocycles. The Hall–Kier alpha value is -0.820. The number of carbonyl (C=O) groups is 1. The maximum Gasteiger partial charge on any atom is 0.337 e. The molecular formula is C13H15Cl2NO4S. The van der Waals surface area contributed by atoms with Crippen LogP contribution in [0, 0.1) is 5.92 Å². The Morgan fingerprint density at radius 3 is 2.43 bits per heavy atom. The minimum atomic E-state index is -3.83. The molecule has 0 atom stereocenters. The number of aromatic carboxylic acids is 1. The van der Waals surface area contributed by atoms with Crippen molar-refractivity contribution in [3.63, 3.8) is 0 Å². The number of hydrogen-bond donors (Lipinski definition) is 1. The molecule has 1 aromatic rings. The second-order valence-corrected chi connectivity index (χ2v) is 7.69. The second-order valence-electron chi connectivity index (χ2n) is 4.97. The van der Waals surface area contributed by atoms with Crippen molar-refractivity contribution >= 4 is 39.2 Å². The van der Waals surface area contributed by atoms with Gasteiger partial charge in [-0.2, -0.15) is 4.31 Å². The lowest BCUT2D eigenvalue weighted by molar-refractivity contribution is 0.0697. The molecule has 0 unspecified atom stereocenters. The molecule has 2 rings (SSSR count). The predicted octanol–water partition coefficient (Wildman–Crippen LogP) is 3.11. The Balaban J connectivity index is 2.47. The van der Waals surface area contributed by atoms with Gasteiger partial charge in [-0.15, -0.1) is 0 Å². The molecule has 0 saturated heterocycles. The normalized spacial score (nSPS) is 15.4. The summed E-state index contributed by atoms with van der Waals surface area (Å²) >= 11 is 11.7. The van der Waals surface area contributed by atoms with E-state index in [0.717, 1.165) is 25.0 Å². The zero-order valence-electron chi connectivity index (χ0n) is 11.3. The molecule has 1 saturated carbocycles. The van der Waals surface area contributed by atoms with Crippen LogP contribution in [0.25, 0.3) is 0 Å². The van der Waals surface area contributed by atoms with Crippen molar-refractivity contribution in [2.24, 2.45) is 5.92 Å². The van der Waals surface area contributed by atoms with E-state index in [1.807, 2.05) is 0 Å². The van der Waals surface area contributed by atoms with Crippen molar-refractivity contribution < 1.29 is 18.3 Å². The fourth-order valence-electron chi connectivity index (χ4n) is 2.02. The van der Waals surface area contributed by atoms with E-state index in [-0.39, 0.29) is 20.5 Å². The lowest BCUT2D eigenvalue weighted by atomic mass is 10.2. The van der Waals surface area contributed by atoms with E-state index in [9.17, 15) is 13.2 Å². The van der Waals surface area contributed by atoms with Crippen LogP contribution in [0.15, 0.2) is 17.0 Å². The average molecular weight is 352 g/mol. The topological polar surface area (TPSA) is 74.7 Å². The van der Waals surface area contributed by atoms with E-state index in [4.69, 9.17) is 28.3 Å². The van der Waals surface area contributed by atoms with Crippen LogP contribution in [0.5, 0.6) is 0 Å². The molecule has 0 aliphatic heterocycles. The fourth-order valence-corrected chi connectivity index (χ4v) is 4.37. The molecule has 116 valence electrons. The van der Waals surface area contributed by atoms with Crippen LogP contribution in [0.4, 0.5) is 0 Å². The summed E-state index contributed by atoms with van der Waals surface area (Å²) in [7, 11) is -3.83. The lowest BCUT2D eigenvalue weighted by Gasteiger charge is -2.21. The molecule has 0 bridgehead atoms. The molecule has 1 N–H and O–H groups in total. The van der Waals surface area contributed by atoms with Gasteiger partial charge in [0.15, 0.2) is 0 Å². The Labute approximate surface area is 133 Å². The predicted molar refractivity (Wildman–Crippen MR) is 80.6 cm³/mol. The summed E-state index contributed by atoms with van der Waals surface area (Å²) in [6.45, 7) is 2.47. The van der Waals surface area contributed by atoms with E-state index in [0.29, 0.717) is 19.0 Å². The molecular weight excluding hydrogens is 337 g/mol. The molecule has 0 spiro atoms. The Bertz CT molecular complexity index is 671. The van der Waals surface area contributed by atoms with Crippen molar-refractivity contribution in [1.82, 2.24) is 4.31 Å². The summed E-state index contributed by atoms with van der Waals surface area (Å²) in [4.78, 5) is 10.9. The van der Waals surface area contributed by atoms with Crippen molar-refractivity contribution in [3.8, 4) is 0 Å². The maximum absolute atomic E-state index is 12.6. The van der Waals surface area contributed by atoms with Crippen molar-refractivity contribution in [1.29, 1.82) is 0 Å². The SMILES string of the molecule is CCN(CC1CC1)S(=O)(=O)c1cc(C(=O)O)c(Cl)cc1Cl. The Morgan fingerprint density at radius 2 is 1.95 bits per heavy atom. The van der Waals surface area contributed by atoms with Crippen LogP contribution >= 0.6 is 23.2 Å². The zero-order chi connectivity index (χ0) is 15.8. The van der Waals surface area contributed by atoms with E-state index < -0.39 is 16.0 Å². The summed E-state index contributed by atoms with van der Waals surface area (Å²) in [5, 5.41) is 8.91. The molecule has 5 nitrogen and oxygen atoms in total. The number of hydrogen-bond acceptors (Lipinski definition) is 3. The van der Waals surface area contributed by atoms with Gasteiger partial charge in [0, 0.05) is 13.1 Å². The highest BCUT2D eigenvalue weighted by molar-refractivity contribution is 7.89. The van der Waals surface area contributed by atoms with Gasteiger partial charge >= 0.3 is 5.97 Å². The molecule has 1 aliphatic carbocycles. The number of rotatable bonds is 6. The molecule has 21 heavy (non-hydrogen) atoms. The van der Waals surface area contributed by atoms with E-state index in [1.54, 1.807) is 6.92 Å². The number of carboxylic acids is 1. The minimum absolute atomic E-state index is 0.0701. The van der Waals surface area contributed by atoms with Crippen LogP contribution in [-0.2, 0) is 10.0 Å². The second kappa shape index (κ2) is 6.12. The van der Waals surface area contributed by atoms with Crippen molar-refractivity contribution in [2.75, 3.05) is 13.1 Å². The minimum Gasteiger partial charge on any atom is -0.478 e. The van der Waals surface area contributed by atoms with Gasteiger partial charge in [-0.05, 0) is 30.9 Å². The third-order valence-electron chi connectivity index (χ3n) is 3.38. The molecule has 1 fully saturated rings. The molecule has 1 aliphatic rings. The molecule has 0 heterocycles. The first-order valence-corrected chi connectivity index (χ1v) is 8.69. The van der Waals surface area contributed by atoms with Crippen molar-refractivity contribution in [2.45, 2.75) is 24.7 Å². The number of carboxylic acid groups (broad SMARTS) is 1. The average Bonchev–Trinajstić information content (AvgIpc) is 3.18. The van der Waals surface area contributed by atoms with E-state index >= 15 is 0 Å². The Morgan fingerprint density at radius 1 is 1.33 bits per heavy atom. The standard InChI is InChI=1S/C13H15Cl2NO4S/c1-2-16(7-8-3-4-8)21(19,20)12-5-9(13(17)18)10(14)6-11(12)15/h5-6,8H,2-4,7H2,1H3,(H,17,18). The maximum atomic E-state index is 12.6. The van der Waals surface area contributed by atoms with Gasteiger partial charge in [-0.1, -0.05) is 30.1 Å². The molecule has 8 heteroatoms. The molecule has 0 amide bonds. The van der Waals surface area contributed by atoms with Gasteiger partial charge in [0.05, 0.1) is 15.6 Å². The van der Waals surface area contributed by atoms with Crippen LogP contribution in [0.3, 0.4) is 0 Å². The summed E-state index contributed by atoms with van der Waals surface area (Å²) in [6.07, 6.45) is 2.03. The van der Waals surface area contributed by atoms with Gasteiger partial charge < -0.3 is 5.11 Å². The number of benzene rings is 1. The summed E-state index contributed by atoms with van der Waals surface area (Å²) in [5.41, 5.74) is -0.276. The molecule has 0 radical (unpaired) electrons. The van der Waals surface area contributed by atoms with Gasteiger partial charge in [0.25, 0.3) is 0 Å². The smallest absolute Gasteiger partial charge is 0.337 e. The van der Waals surface area contributed by atoms with Crippen LogP contribution in [0.1, 0.15) is 30.1 Å². The first-order chi connectivity index (χ1) is 9.77. The summed E-state index contributed by atoms with van der Waals surface area (Å²) in [6, 6.07) is 2.18.